The van der Waals surface area contributed by atoms with Crippen molar-refractivity contribution in [1.82, 2.24) is 19.6 Å². The van der Waals surface area contributed by atoms with Gasteiger partial charge < -0.3 is 5.32 Å². The molecule has 0 aromatic carbocycles. The fourth-order valence-electron chi connectivity index (χ4n) is 2.33. The summed E-state index contributed by atoms with van der Waals surface area (Å²) in [6, 6.07) is 0. The minimum Gasteiger partial charge on any atom is -0.367 e. The molecule has 1 saturated carbocycles. The fraction of sp³-hybridized carbons (Fsp3) is 0.545. The first kappa shape index (κ1) is 10.8. The summed E-state index contributed by atoms with van der Waals surface area (Å²) < 4.78 is 1.85. The van der Waals surface area contributed by atoms with Gasteiger partial charge in [-0.15, -0.1) is 21.8 Å². The van der Waals surface area contributed by atoms with Gasteiger partial charge in [0.15, 0.2) is 5.82 Å². The average molecular weight is 252 g/mol. The molecule has 0 amide bonds. The minimum absolute atomic E-state index is 0.292. The van der Waals surface area contributed by atoms with E-state index in [1.165, 1.54) is 12.8 Å². The summed E-state index contributed by atoms with van der Waals surface area (Å²) in [5.74, 6) is 1.31. The van der Waals surface area contributed by atoms with E-state index >= 15 is 0 Å². The molecule has 1 fully saturated rings. The Bertz CT molecular complexity index is 511. The van der Waals surface area contributed by atoms with E-state index in [9.17, 15) is 0 Å². The number of hydrogen-bond acceptors (Lipinski definition) is 4. The zero-order valence-electron chi connectivity index (χ0n) is 9.38. The largest absolute Gasteiger partial charge is 0.367 e. The van der Waals surface area contributed by atoms with Crippen LogP contribution < -0.4 is 5.32 Å². The number of halogens is 1. The fourth-order valence-corrected chi connectivity index (χ4v) is 2.70. The lowest BCUT2D eigenvalue weighted by Gasteiger charge is -2.14. The molecule has 3 rings (SSSR count). The summed E-state index contributed by atoms with van der Waals surface area (Å²) in [4.78, 5) is 4.29. The van der Waals surface area contributed by atoms with Gasteiger partial charge in [-0.1, -0.05) is 6.42 Å². The molecule has 2 atom stereocenters. The van der Waals surface area contributed by atoms with Crippen LogP contribution in [0.2, 0.25) is 0 Å². The van der Waals surface area contributed by atoms with Gasteiger partial charge >= 0.3 is 0 Å². The summed E-state index contributed by atoms with van der Waals surface area (Å²) in [6.07, 6.45) is 8.78. The van der Waals surface area contributed by atoms with E-state index in [0.29, 0.717) is 11.3 Å². The molecule has 0 aliphatic heterocycles. The van der Waals surface area contributed by atoms with E-state index < -0.39 is 0 Å². The summed E-state index contributed by atoms with van der Waals surface area (Å²) in [6.45, 7) is 0.855. The van der Waals surface area contributed by atoms with E-state index in [1.54, 1.807) is 12.5 Å². The van der Waals surface area contributed by atoms with Crippen molar-refractivity contribution in [2.24, 2.45) is 5.92 Å². The van der Waals surface area contributed by atoms with Crippen molar-refractivity contribution in [3.63, 3.8) is 0 Å². The van der Waals surface area contributed by atoms with E-state index in [2.05, 4.69) is 20.5 Å². The standard InChI is InChI=1S/C11H14ClN5/c12-9-3-1-2-8(9)6-14-10-11-16-15-7-17(11)5-4-13-10/h4-5,7-9H,1-3,6H2,(H,13,14). The van der Waals surface area contributed by atoms with Gasteiger partial charge in [-0.05, 0) is 18.8 Å². The quantitative estimate of drug-likeness (QED) is 0.848. The van der Waals surface area contributed by atoms with Crippen LogP contribution in [0.5, 0.6) is 0 Å². The second-order valence-electron chi connectivity index (χ2n) is 4.43. The number of aromatic nitrogens is 4. The predicted molar refractivity (Wildman–Crippen MR) is 66.3 cm³/mol. The van der Waals surface area contributed by atoms with Crippen LogP contribution in [0.3, 0.4) is 0 Å². The first-order valence-electron chi connectivity index (χ1n) is 5.87. The summed E-state index contributed by atoms with van der Waals surface area (Å²) >= 11 is 6.25. The predicted octanol–water partition coefficient (Wildman–Crippen LogP) is 1.94. The monoisotopic (exact) mass is 251 g/mol. The van der Waals surface area contributed by atoms with E-state index in [0.717, 1.165) is 24.4 Å². The van der Waals surface area contributed by atoms with E-state index in [-0.39, 0.29) is 0 Å². The number of alkyl halides is 1. The highest BCUT2D eigenvalue weighted by molar-refractivity contribution is 6.21. The molecular weight excluding hydrogens is 238 g/mol. The van der Waals surface area contributed by atoms with Gasteiger partial charge in [0.2, 0.25) is 5.65 Å². The van der Waals surface area contributed by atoms with E-state index in [1.807, 2.05) is 10.6 Å². The smallest absolute Gasteiger partial charge is 0.203 e. The van der Waals surface area contributed by atoms with Crippen LogP contribution in [0.1, 0.15) is 19.3 Å². The molecule has 1 N–H and O–H groups in total. The van der Waals surface area contributed by atoms with Crippen molar-refractivity contribution in [1.29, 1.82) is 0 Å². The van der Waals surface area contributed by atoms with Gasteiger partial charge in [-0.25, -0.2) is 4.98 Å². The zero-order valence-corrected chi connectivity index (χ0v) is 10.1. The molecule has 17 heavy (non-hydrogen) atoms. The van der Waals surface area contributed by atoms with Crippen molar-refractivity contribution < 1.29 is 0 Å². The third-order valence-corrected chi connectivity index (χ3v) is 3.89. The molecule has 0 bridgehead atoms. The number of rotatable bonds is 3. The maximum Gasteiger partial charge on any atom is 0.203 e. The number of hydrogen-bond donors (Lipinski definition) is 1. The molecule has 90 valence electrons. The van der Waals surface area contributed by atoms with Crippen molar-refractivity contribution in [2.75, 3.05) is 11.9 Å². The lowest BCUT2D eigenvalue weighted by atomic mass is 10.1. The van der Waals surface area contributed by atoms with E-state index in [4.69, 9.17) is 11.6 Å². The first-order valence-corrected chi connectivity index (χ1v) is 6.30. The molecule has 2 aromatic rings. The topological polar surface area (TPSA) is 55.1 Å². The van der Waals surface area contributed by atoms with Crippen LogP contribution in [-0.2, 0) is 0 Å². The van der Waals surface area contributed by atoms with Gasteiger partial charge in [-0.3, -0.25) is 4.40 Å². The molecule has 2 unspecified atom stereocenters. The molecule has 1 aliphatic carbocycles. The SMILES string of the molecule is ClC1CCCC1CNc1nccn2cnnc12. The van der Waals surface area contributed by atoms with Gasteiger partial charge in [0.05, 0.1) is 0 Å². The highest BCUT2D eigenvalue weighted by Gasteiger charge is 2.25. The minimum atomic E-state index is 0.292. The summed E-state index contributed by atoms with van der Waals surface area (Å²) in [7, 11) is 0. The van der Waals surface area contributed by atoms with Crippen molar-refractivity contribution in [3.8, 4) is 0 Å². The number of fused-ring (bicyclic) bond motifs is 1. The lowest BCUT2D eigenvalue weighted by Crippen LogP contribution is -2.19. The van der Waals surface area contributed by atoms with Crippen LogP contribution in [0.25, 0.3) is 5.65 Å². The summed E-state index contributed by atoms with van der Waals surface area (Å²) in [5, 5.41) is 11.5. The van der Waals surface area contributed by atoms with Crippen LogP contribution in [0.15, 0.2) is 18.7 Å². The Kier molecular flexibility index (Phi) is 2.84. The molecule has 6 heteroatoms. The van der Waals surface area contributed by atoms with Crippen LogP contribution in [0.4, 0.5) is 5.82 Å². The van der Waals surface area contributed by atoms with Gasteiger partial charge in [0, 0.05) is 24.3 Å². The third-order valence-electron chi connectivity index (χ3n) is 3.31. The number of nitrogens with one attached hydrogen (secondary N) is 1. The normalized spacial score (nSPS) is 24.3. The lowest BCUT2D eigenvalue weighted by molar-refractivity contribution is 0.585. The van der Waals surface area contributed by atoms with Crippen molar-refractivity contribution >= 4 is 23.1 Å². The zero-order chi connectivity index (χ0) is 11.7. The highest BCUT2D eigenvalue weighted by Crippen LogP contribution is 2.30. The first-order chi connectivity index (χ1) is 8.34. The Hall–Kier alpha value is -1.36. The highest BCUT2D eigenvalue weighted by atomic mass is 35.5. The second kappa shape index (κ2) is 4.49. The number of anilines is 1. The maximum absolute atomic E-state index is 6.25. The third kappa shape index (κ3) is 2.07. The Morgan fingerprint density at radius 2 is 2.41 bits per heavy atom. The molecule has 0 spiro atoms. The molecule has 0 saturated heterocycles. The Balaban J connectivity index is 1.74. The Morgan fingerprint density at radius 3 is 3.24 bits per heavy atom. The van der Waals surface area contributed by atoms with Crippen molar-refractivity contribution in [3.05, 3.63) is 18.7 Å². The van der Waals surface area contributed by atoms with Crippen molar-refractivity contribution in [2.45, 2.75) is 24.6 Å². The molecular formula is C11H14ClN5. The molecule has 1 aliphatic rings. The second-order valence-corrected chi connectivity index (χ2v) is 4.99. The maximum atomic E-state index is 6.25. The van der Waals surface area contributed by atoms with Gasteiger partial charge in [0.1, 0.15) is 6.33 Å². The molecule has 5 nitrogen and oxygen atoms in total. The average Bonchev–Trinajstić information content (AvgIpc) is 2.95. The molecule has 2 aromatic heterocycles. The molecule has 2 heterocycles. The van der Waals surface area contributed by atoms with Crippen LogP contribution in [-0.4, -0.2) is 31.5 Å². The molecule has 0 radical (unpaired) electrons. The van der Waals surface area contributed by atoms with Crippen LogP contribution in [0, 0.1) is 5.92 Å². The summed E-state index contributed by atoms with van der Waals surface area (Å²) in [5.41, 5.74) is 0.761. The number of nitrogens with zero attached hydrogens (tertiary/aromatic N) is 4. The van der Waals surface area contributed by atoms with Gasteiger partial charge in [0.25, 0.3) is 0 Å². The van der Waals surface area contributed by atoms with Crippen LogP contribution >= 0.6 is 11.6 Å². The Labute approximate surface area is 104 Å². The van der Waals surface area contributed by atoms with Gasteiger partial charge in [-0.2, -0.15) is 0 Å². The Morgan fingerprint density at radius 1 is 1.47 bits per heavy atom.